The molecule has 1 rings (SSSR count). The minimum atomic E-state index is -4.80. The predicted octanol–water partition coefficient (Wildman–Crippen LogP) is 2.49. The molecule has 0 N–H and O–H groups in total. The Morgan fingerprint density at radius 3 is 2.15 bits per heavy atom. The lowest BCUT2D eigenvalue weighted by Crippen LogP contribution is -2.43. The lowest BCUT2D eigenvalue weighted by atomic mass is 10.1. The Labute approximate surface area is 115 Å². The van der Waals surface area contributed by atoms with Crippen LogP contribution >= 0.6 is 0 Å². The third-order valence-corrected chi connectivity index (χ3v) is 2.66. The van der Waals surface area contributed by atoms with Gasteiger partial charge in [0.15, 0.2) is 5.78 Å². The fourth-order valence-corrected chi connectivity index (χ4v) is 1.98. The van der Waals surface area contributed by atoms with E-state index < -0.39 is 36.0 Å². The molecule has 0 saturated carbocycles. The number of Topliss-reactive ketones (excluding diaryl/α,β-unsaturated/α-hetero) is 1. The standard InChI is InChI=1S/C12H18F3NO4/c1-7(17)9-5-8(19-12(13,14)15)6-16(9)10(18)20-11(2,3)4/h8-9H,5-6H2,1-4H3/t8-,9+/m1/s1. The quantitative estimate of drug-likeness (QED) is 0.786. The van der Waals surface area contributed by atoms with Crippen molar-refractivity contribution in [3.05, 3.63) is 0 Å². The van der Waals surface area contributed by atoms with Gasteiger partial charge >= 0.3 is 12.5 Å². The number of ether oxygens (including phenoxy) is 2. The van der Waals surface area contributed by atoms with Gasteiger partial charge < -0.3 is 4.74 Å². The number of likely N-dealkylation sites (tertiary alicyclic amines) is 1. The van der Waals surface area contributed by atoms with Crippen molar-refractivity contribution in [1.82, 2.24) is 4.90 Å². The van der Waals surface area contributed by atoms with Gasteiger partial charge in [0, 0.05) is 6.42 Å². The number of carbonyl (C=O) groups is 2. The Kier molecular flexibility index (Phi) is 4.68. The summed E-state index contributed by atoms with van der Waals surface area (Å²) in [6.45, 7) is 5.80. The minimum Gasteiger partial charge on any atom is -0.444 e. The van der Waals surface area contributed by atoms with Crippen LogP contribution < -0.4 is 0 Å². The van der Waals surface area contributed by atoms with Gasteiger partial charge in [0.05, 0.1) is 18.7 Å². The number of hydrogen-bond donors (Lipinski definition) is 0. The summed E-state index contributed by atoms with van der Waals surface area (Å²) in [7, 11) is 0. The van der Waals surface area contributed by atoms with Gasteiger partial charge in [-0.2, -0.15) is 0 Å². The molecule has 0 aromatic heterocycles. The van der Waals surface area contributed by atoms with E-state index in [9.17, 15) is 22.8 Å². The zero-order valence-electron chi connectivity index (χ0n) is 11.8. The van der Waals surface area contributed by atoms with Crippen molar-refractivity contribution in [2.45, 2.75) is 58.2 Å². The summed E-state index contributed by atoms with van der Waals surface area (Å²) >= 11 is 0. The summed E-state index contributed by atoms with van der Waals surface area (Å²) in [4.78, 5) is 24.3. The lowest BCUT2D eigenvalue weighted by Gasteiger charge is -2.27. The average molecular weight is 297 g/mol. The molecule has 0 aromatic rings. The number of carbonyl (C=O) groups excluding carboxylic acids is 2. The van der Waals surface area contributed by atoms with Crippen LogP contribution in [0.25, 0.3) is 0 Å². The van der Waals surface area contributed by atoms with Crippen LogP contribution in [-0.2, 0) is 14.3 Å². The summed E-state index contributed by atoms with van der Waals surface area (Å²) in [5, 5.41) is 0. The van der Waals surface area contributed by atoms with Crippen molar-refractivity contribution in [2.75, 3.05) is 6.54 Å². The van der Waals surface area contributed by atoms with Crippen molar-refractivity contribution in [2.24, 2.45) is 0 Å². The number of rotatable bonds is 2. The molecule has 2 atom stereocenters. The molecule has 0 radical (unpaired) electrons. The second-order valence-corrected chi connectivity index (χ2v) is 5.68. The van der Waals surface area contributed by atoms with E-state index in [0.717, 1.165) is 4.90 Å². The van der Waals surface area contributed by atoms with E-state index in [1.807, 2.05) is 0 Å². The van der Waals surface area contributed by atoms with E-state index in [0.29, 0.717) is 0 Å². The normalized spacial score (nSPS) is 23.9. The molecule has 0 unspecified atom stereocenters. The first-order chi connectivity index (χ1) is 8.89. The second-order valence-electron chi connectivity index (χ2n) is 5.68. The summed E-state index contributed by atoms with van der Waals surface area (Å²) in [5.74, 6) is -0.399. The van der Waals surface area contributed by atoms with Crippen LogP contribution in [-0.4, -0.2) is 47.4 Å². The van der Waals surface area contributed by atoms with Crippen molar-refractivity contribution < 1.29 is 32.2 Å². The van der Waals surface area contributed by atoms with Crippen LogP contribution in [0.5, 0.6) is 0 Å². The lowest BCUT2D eigenvalue weighted by molar-refractivity contribution is -0.340. The van der Waals surface area contributed by atoms with E-state index in [1.165, 1.54) is 6.92 Å². The van der Waals surface area contributed by atoms with Crippen LogP contribution in [0.3, 0.4) is 0 Å². The number of halogens is 3. The monoisotopic (exact) mass is 297 g/mol. The molecule has 116 valence electrons. The molecule has 0 aliphatic carbocycles. The summed E-state index contributed by atoms with van der Waals surface area (Å²) in [6, 6.07) is -0.947. The predicted molar refractivity (Wildman–Crippen MR) is 63.0 cm³/mol. The first-order valence-corrected chi connectivity index (χ1v) is 6.13. The molecule has 1 fully saturated rings. The fraction of sp³-hybridized carbons (Fsp3) is 0.833. The molecule has 1 amide bonds. The van der Waals surface area contributed by atoms with Crippen LogP contribution in [0.4, 0.5) is 18.0 Å². The minimum absolute atomic E-state index is 0.186. The van der Waals surface area contributed by atoms with E-state index in [2.05, 4.69) is 4.74 Å². The maximum absolute atomic E-state index is 12.2. The SMILES string of the molecule is CC(=O)[C@@H]1C[C@@H](OC(F)(F)F)CN1C(=O)OC(C)(C)C. The van der Waals surface area contributed by atoms with E-state index in [1.54, 1.807) is 20.8 Å². The molecular formula is C12H18F3NO4. The molecule has 20 heavy (non-hydrogen) atoms. The van der Waals surface area contributed by atoms with E-state index >= 15 is 0 Å². The maximum Gasteiger partial charge on any atom is 0.522 e. The van der Waals surface area contributed by atoms with Gasteiger partial charge in [-0.1, -0.05) is 0 Å². The van der Waals surface area contributed by atoms with Crippen LogP contribution in [0.1, 0.15) is 34.1 Å². The van der Waals surface area contributed by atoms with Gasteiger partial charge in [-0.3, -0.25) is 14.4 Å². The van der Waals surface area contributed by atoms with Gasteiger partial charge in [-0.15, -0.1) is 13.2 Å². The third kappa shape index (κ3) is 4.99. The third-order valence-electron chi connectivity index (χ3n) is 2.66. The Balaban J connectivity index is 2.78. The molecule has 1 saturated heterocycles. The highest BCUT2D eigenvalue weighted by atomic mass is 19.4. The van der Waals surface area contributed by atoms with Gasteiger partial charge in [-0.05, 0) is 27.7 Å². The van der Waals surface area contributed by atoms with E-state index in [-0.39, 0.29) is 13.0 Å². The van der Waals surface area contributed by atoms with Crippen LogP contribution in [0, 0.1) is 0 Å². The van der Waals surface area contributed by atoms with Gasteiger partial charge in [0.1, 0.15) is 5.60 Å². The van der Waals surface area contributed by atoms with Crippen LogP contribution in [0.2, 0.25) is 0 Å². The largest absolute Gasteiger partial charge is 0.522 e. The number of amides is 1. The maximum atomic E-state index is 12.2. The molecule has 8 heteroatoms. The number of alkyl halides is 3. The van der Waals surface area contributed by atoms with Crippen molar-refractivity contribution in [1.29, 1.82) is 0 Å². The van der Waals surface area contributed by atoms with E-state index in [4.69, 9.17) is 4.74 Å². The second kappa shape index (κ2) is 5.59. The molecule has 5 nitrogen and oxygen atoms in total. The number of hydrogen-bond acceptors (Lipinski definition) is 4. The van der Waals surface area contributed by atoms with Crippen molar-refractivity contribution >= 4 is 11.9 Å². The molecule has 0 spiro atoms. The van der Waals surface area contributed by atoms with Crippen LogP contribution in [0.15, 0.2) is 0 Å². The Morgan fingerprint density at radius 1 is 1.20 bits per heavy atom. The molecular weight excluding hydrogens is 279 g/mol. The summed E-state index contributed by atoms with van der Waals surface area (Å²) in [5.41, 5.74) is -0.790. The number of nitrogens with zero attached hydrogens (tertiary/aromatic N) is 1. The Hall–Kier alpha value is -1.31. The zero-order chi connectivity index (χ0) is 15.7. The molecule has 1 aliphatic heterocycles. The Bertz CT molecular complexity index is 389. The van der Waals surface area contributed by atoms with Crippen molar-refractivity contribution in [3.63, 3.8) is 0 Å². The first-order valence-electron chi connectivity index (χ1n) is 6.13. The highest BCUT2D eigenvalue weighted by Gasteiger charge is 2.44. The summed E-state index contributed by atoms with van der Waals surface area (Å²) in [6.07, 6.45) is -7.05. The highest BCUT2D eigenvalue weighted by Crippen LogP contribution is 2.28. The topological polar surface area (TPSA) is 55.8 Å². The smallest absolute Gasteiger partial charge is 0.444 e. The summed E-state index contributed by atoms with van der Waals surface area (Å²) < 4.78 is 45.5. The molecule has 0 aromatic carbocycles. The fourth-order valence-electron chi connectivity index (χ4n) is 1.98. The van der Waals surface area contributed by atoms with Gasteiger partial charge in [0.2, 0.25) is 0 Å². The van der Waals surface area contributed by atoms with Crippen molar-refractivity contribution in [3.8, 4) is 0 Å². The molecule has 0 bridgehead atoms. The zero-order valence-corrected chi connectivity index (χ0v) is 11.8. The highest BCUT2D eigenvalue weighted by molar-refractivity contribution is 5.86. The van der Waals surface area contributed by atoms with Gasteiger partial charge in [0.25, 0.3) is 0 Å². The average Bonchev–Trinajstić information content (AvgIpc) is 2.56. The Morgan fingerprint density at radius 2 is 1.75 bits per heavy atom. The van der Waals surface area contributed by atoms with Gasteiger partial charge in [-0.25, -0.2) is 4.79 Å². The number of ketones is 1. The molecule has 1 heterocycles. The first kappa shape index (κ1) is 16.7. The molecule has 1 aliphatic rings.